The summed E-state index contributed by atoms with van der Waals surface area (Å²) in [4.78, 5) is 9.37. The molecule has 0 fully saturated rings. The van der Waals surface area contributed by atoms with Gasteiger partial charge in [-0.15, -0.1) is 0 Å². The van der Waals surface area contributed by atoms with Gasteiger partial charge in [0.1, 0.15) is 0 Å². The second kappa shape index (κ2) is 3.30. The predicted octanol–water partition coefficient (Wildman–Crippen LogP) is 0.839. The quantitative estimate of drug-likeness (QED) is 0.477. The molecule has 0 aliphatic rings. The number of carbonyl (C=O) groups excluding carboxylic acids is 1. The molecule has 0 aliphatic carbocycles. The lowest BCUT2D eigenvalue weighted by Gasteiger charge is -2.26. The molecule has 0 radical (unpaired) electrons. The van der Waals surface area contributed by atoms with Crippen LogP contribution in [0.4, 0.5) is 31.1 Å². The van der Waals surface area contributed by atoms with E-state index in [0.29, 0.717) is 0 Å². The lowest BCUT2D eigenvalue weighted by Crippen LogP contribution is -2.47. The molecular formula is C4HF6O3-. The van der Waals surface area contributed by atoms with Crippen LogP contribution in [0.25, 0.3) is 0 Å². The van der Waals surface area contributed by atoms with E-state index >= 15 is 0 Å². The number of rotatable bonds is 1. The van der Waals surface area contributed by atoms with Gasteiger partial charge in [-0.1, -0.05) is 0 Å². The van der Waals surface area contributed by atoms with Crippen molar-refractivity contribution in [1.82, 2.24) is 0 Å². The van der Waals surface area contributed by atoms with Crippen molar-refractivity contribution in [2.24, 2.45) is 0 Å². The Morgan fingerprint density at radius 1 is 1.08 bits per heavy atom. The Balaban J connectivity index is 4.68. The van der Waals surface area contributed by atoms with E-state index in [-0.39, 0.29) is 0 Å². The minimum atomic E-state index is -5.84. The maximum Gasteiger partial charge on any atom is 0.417 e. The van der Waals surface area contributed by atoms with Crippen molar-refractivity contribution in [2.45, 2.75) is 18.5 Å². The SMILES string of the molecule is O=C([O-])OC(C(F)(F)F)C(F)(F)F. The number of hydrogen-bond donors (Lipinski definition) is 0. The largest absolute Gasteiger partial charge is 0.528 e. The summed E-state index contributed by atoms with van der Waals surface area (Å²) in [6.45, 7) is 0. The molecule has 0 aromatic carbocycles. The molecule has 0 rings (SSSR count). The third kappa shape index (κ3) is 3.85. The summed E-state index contributed by atoms with van der Waals surface area (Å²) in [5.41, 5.74) is 0. The molecule has 9 heteroatoms. The molecule has 0 aromatic heterocycles. The lowest BCUT2D eigenvalue weighted by molar-refractivity contribution is -0.349. The summed E-state index contributed by atoms with van der Waals surface area (Å²) >= 11 is 0. The third-order valence-electron chi connectivity index (χ3n) is 0.809. The smallest absolute Gasteiger partial charge is 0.417 e. The van der Waals surface area contributed by atoms with Crippen LogP contribution in [0, 0.1) is 0 Å². The lowest BCUT2D eigenvalue weighted by atomic mass is 10.3. The van der Waals surface area contributed by atoms with Gasteiger partial charge < -0.3 is 14.6 Å². The first-order chi connectivity index (χ1) is 5.55. The van der Waals surface area contributed by atoms with E-state index < -0.39 is 24.6 Å². The minimum Gasteiger partial charge on any atom is -0.528 e. The molecule has 3 nitrogen and oxygen atoms in total. The number of alkyl halides is 6. The van der Waals surface area contributed by atoms with Crippen LogP contribution in [0.5, 0.6) is 0 Å². The van der Waals surface area contributed by atoms with E-state index in [2.05, 4.69) is 4.74 Å². The fourth-order valence-electron chi connectivity index (χ4n) is 0.415. The number of halogens is 6. The zero-order valence-electron chi connectivity index (χ0n) is 5.57. The average molecular weight is 211 g/mol. The predicted molar refractivity (Wildman–Crippen MR) is 22.4 cm³/mol. The molecule has 0 aliphatic heterocycles. The zero-order chi connectivity index (χ0) is 10.9. The minimum absolute atomic E-state index is 2.53. The van der Waals surface area contributed by atoms with Crippen molar-refractivity contribution in [1.29, 1.82) is 0 Å². The number of carboxylic acid groups (broad SMARTS) is 1. The van der Waals surface area contributed by atoms with Crippen molar-refractivity contribution >= 4 is 6.16 Å². The summed E-state index contributed by atoms with van der Waals surface area (Å²) in [5, 5.41) is 9.37. The van der Waals surface area contributed by atoms with Gasteiger partial charge in [-0.2, -0.15) is 26.3 Å². The molecule has 0 saturated carbocycles. The van der Waals surface area contributed by atoms with Crippen LogP contribution in [-0.2, 0) is 4.74 Å². The van der Waals surface area contributed by atoms with Gasteiger partial charge in [0.05, 0.1) is 0 Å². The molecule has 0 unspecified atom stereocenters. The van der Waals surface area contributed by atoms with Gasteiger partial charge >= 0.3 is 12.4 Å². The first-order valence-electron chi connectivity index (χ1n) is 2.56. The van der Waals surface area contributed by atoms with Gasteiger partial charge in [-0.3, -0.25) is 0 Å². The standard InChI is InChI=1S/C4H2F6O3/c5-3(6,7)1(4(8,9)10)13-2(11)12/h1H,(H,11,12)/p-1. The molecular weight excluding hydrogens is 210 g/mol. The average Bonchev–Trinajstić information content (AvgIpc) is 1.77. The molecule has 0 N–H and O–H groups in total. The van der Waals surface area contributed by atoms with Gasteiger partial charge in [0.2, 0.25) is 6.10 Å². The van der Waals surface area contributed by atoms with Crippen LogP contribution < -0.4 is 5.11 Å². The van der Waals surface area contributed by atoms with E-state index in [9.17, 15) is 36.2 Å². The molecule has 0 heterocycles. The highest BCUT2D eigenvalue weighted by Crippen LogP contribution is 2.35. The zero-order valence-corrected chi connectivity index (χ0v) is 5.57. The Morgan fingerprint density at radius 2 is 1.38 bits per heavy atom. The first-order valence-corrected chi connectivity index (χ1v) is 2.56. The molecule has 0 bridgehead atoms. The van der Waals surface area contributed by atoms with E-state index in [1.807, 2.05) is 0 Å². The summed E-state index contributed by atoms with van der Waals surface area (Å²) < 4.78 is 71.2. The maximum absolute atomic E-state index is 11.4. The first kappa shape index (κ1) is 11.8. The Labute approximate surface area is 66.9 Å². The van der Waals surface area contributed by atoms with Crippen LogP contribution in [-0.4, -0.2) is 24.6 Å². The third-order valence-corrected chi connectivity index (χ3v) is 0.809. The van der Waals surface area contributed by atoms with E-state index in [1.165, 1.54) is 0 Å². The fraction of sp³-hybridized carbons (Fsp3) is 0.750. The summed E-state index contributed by atoms with van der Waals surface area (Å²) in [5.74, 6) is 0. The van der Waals surface area contributed by atoms with Crippen LogP contribution in [0.3, 0.4) is 0 Å². The molecule has 13 heavy (non-hydrogen) atoms. The molecule has 0 spiro atoms. The number of hydrogen-bond acceptors (Lipinski definition) is 3. The van der Waals surface area contributed by atoms with Gasteiger partial charge in [-0.25, -0.2) is 0 Å². The summed E-state index contributed by atoms with van der Waals surface area (Å²) in [6.07, 6.45) is -18.9. The second-order valence-corrected chi connectivity index (χ2v) is 1.83. The number of carbonyl (C=O) groups is 1. The monoisotopic (exact) mass is 211 g/mol. The van der Waals surface area contributed by atoms with Crippen molar-refractivity contribution in [3.05, 3.63) is 0 Å². The summed E-state index contributed by atoms with van der Waals surface area (Å²) in [6, 6.07) is 0. The van der Waals surface area contributed by atoms with Crippen LogP contribution in [0.1, 0.15) is 0 Å². The Morgan fingerprint density at radius 3 is 1.46 bits per heavy atom. The fourth-order valence-corrected chi connectivity index (χ4v) is 0.415. The maximum atomic E-state index is 11.4. The molecule has 0 amide bonds. The molecule has 0 aromatic rings. The highest BCUT2D eigenvalue weighted by atomic mass is 19.4. The van der Waals surface area contributed by atoms with E-state index in [1.54, 1.807) is 0 Å². The van der Waals surface area contributed by atoms with Crippen molar-refractivity contribution in [3.8, 4) is 0 Å². The van der Waals surface area contributed by atoms with Gasteiger partial charge in [0.25, 0.3) is 6.16 Å². The van der Waals surface area contributed by atoms with Crippen molar-refractivity contribution in [2.75, 3.05) is 0 Å². The number of ether oxygens (including phenoxy) is 1. The highest BCUT2D eigenvalue weighted by Gasteiger charge is 2.56. The Bertz CT molecular complexity index is 179. The topological polar surface area (TPSA) is 49.4 Å². The van der Waals surface area contributed by atoms with Crippen molar-refractivity contribution in [3.63, 3.8) is 0 Å². The molecule has 78 valence electrons. The Kier molecular flexibility index (Phi) is 3.01. The second-order valence-electron chi connectivity index (χ2n) is 1.83. The van der Waals surface area contributed by atoms with Crippen LogP contribution in [0.2, 0.25) is 0 Å². The van der Waals surface area contributed by atoms with Crippen molar-refractivity contribution < 1.29 is 41.0 Å². The van der Waals surface area contributed by atoms with Crippen LogP contribution >= 0.6 is 0 Å². The van der Waals surface area contributed by atoms with Gasteiger partial charge in [0, 0.05) is 0 Å². The normalized spacial score (nSPS) is 13.2. The van der Waals surface area contributed by atoms with E-state index in [4.69, 9.17) is 0 Å². The molecule has 0 saturated heterocycles. The highest BCUT2D eigenvalue weighted by molar-refractivity contribution is 5.54. The Hall–Kier alpha value is -1.15. The van der Waals surface area contributed by atoms with Gasteiger partial charge in [-0.05, 0) is 0 Å². The van der Waals surface area contributed by atoms with Crippen LogP contribution in [0.15, 0.2) is 0 Å². The molecule has 0 atom stereocenters. The van der Waals surface area contributed by atoms with Gasteiger partial charge in [0.15, 0.2) is 0 Å². The van der Waals surface area contributed by atoms with E-state index in [0.717, 1.165) is 0 Å². The summed E-state index contributed by atoms with van der Waals surface area (Å²) in [7, 11) is 0.